The van der Waals surface area contributed by atoms with Crippen molar-refractivity contribution in [2.24, 2.45) is 0 Å². The Bertz CT molecular complexity index is 620. The molecule has 1 aliphatic rings. The minimum Gasteiger partial charge on any atom is -0.492 e. The normalized spacial score (nSPS) is 14.3. The second-order valence-electron chi connectivity index (χ2n) is 4.30. The van der Waals surface area contributed by atoms with Gasteiger partial charge in [-0.25, -0.2) is 4.79 Å². The Kier molecular flexibility index (Phi) is 2.22. The van der Waals surface area contributed by atoms with Crippen LogP contribution in [-0.2, 0) is 6.54 Å². The van der Waals surface area contributed by atoms with E-state index in [2.05, 4.69) is 15.5 Å². The second-order valence-corrected chi connectivity index (χ2v) is 4.30. The smallest absolute Gasteiger partial charge is 0.321 e. The Hall–Kier alpha value is -2.50. The van der Waals surface area contributed by atoms with Crippen LogP contribution in [0.25, 0.3) is 11.3 Å². The molecule has 0 aliphatic carbocycles. The van der Waals surface area contributed by atoms with Crippen molar-refractivity contribution in [2.45, 2.75) is 6.54 Å². The van der Waals surface area contributed by atoms with Crippen molar-refractivity contribution >= 4 is 11.7 Å². The van der Waals surface area contributed by atoms with Gasteiger partial charge in [-0.15, -0.1) is 5.10 Å². The Morgan fingerprint density at radius 3 is 2.94 bits per heavy atom. The van der Waals surface area contributed by atoms with Crippen LogP contribution in [0.3, 0.4) is 0 Å². The fraction of sp³-hybridized carbons (Fsp3) is 0.167. The molecule has 2 aromatic rings. The number of hydrogen-bond acceptors (Lipinski definition) is 3. The van der Waals surface area contributed by atoms with Crippen LogP contribution in [0.15, 0.2) is 24.3 Å². The highest BCUT2D eigenvalue weighted by atomic mass is 16.3. The average molecular weight is 244 g/mol. The number of aromatic nitrogens is 2. The van der Waals surface area contributed by atoms with Gasteiger partial charge in [-0.1, -0.05) is 6.07 Å². The second kappa shape index (κ2) is 3.76. The van der Waals surface area contributed by atoms with E-state index in [0.29, 0.717) is 6.54 Å². The number of benzene rings is 1. The van der Waals surface area contributed by atoms with E-state index >= 15 is 0 Å². The van der Waals surface area contributed by atoms with Crippen LogP contribution in [0.2, 0.25) is 0 Å². The first-order valence-corrected chi connectivity index (χ1v) is 5.53. The number of urea groups is 1. The summed E-state index contributed by atoms with van der Waals surface area (Å²) in [5.41, 5.74) is 3.52. The molecule has 0 spiro atoms. The number of anilines is 1. The molecule has 0 bridgehead atoms. The summed E-state index contributed by atoms with van der Waals surface area (Å²) >= 11 is 0. The van der Waals surface area contributed by atoms with Gasteiger partial charge in [0.25, 0.3) is 0 Å². The summed E-state index contributed by atoms with van der Waals surface area (Å²) in [4.78, 5) is 13.1. The maximum atomic E-state index is 11.5. The van der Waals surface area contributed by atoms with E-state index in [-0.39, 0.29) is 11.9 Å². The molecule has 3 rings (SSSR count). The van der Waals surface area contributed by atoms with Crippen LogP contribution >= 0.6 is 0 Å². The number of hydrogen-bond donors (Lipinski definition) is 3. The van der Waals surface area contributed by atoms with E-state index < -0.39 is 0 Å². The zero-order valence-electron chi connectivity index (χ0n) is 9.77. The van der Waals surface area contributed by atoms with Crippen LogP contribution in [-0.4, -0.2) is 33.3 Å². The van der Waals surface area contributed by atoms with Gasteiger partial charge < -0.3 is 15.3 Å². The number of aromatic amines is 1. The van der Waals surface area contributed by atoms with Crippen LogP contribution in [0, 0.1) is 0 Å². The van der Waals surface area contributed by atoms with Crippen LogP contribution in [0.4, 0.5) is 10.5 Å². The molecule has 0 fully saturated rings. The molecule has 2 heterocycles. The lowest BCUT2D eigenvalue weighted by molar-refractivity contribution is 0.218. The van der Waals surface area contributed by atoms with E-state index in [4.69, 9.17) is 0 Å². The predicted molar refractivity (Wildman–Crippen MR) is 66.2 cm³/mol. The number of amides is 2. The third kappa shape index (κ3) is 1.67. The first-order chi connectivity index (χ1) is 8.63. The Balaban J connectivity index is 2.01. The molecule has 18 heavy (non-hydrogen) atoms. The molecule has 0 saturated carbocycles. The predicted octanol–water partition coefficient (Wildman–Crippen LogP) is 1.76. The molecule has 2 amide bonds. The van der Waals surface area contributed by atoms with E-state index in [9.17, 15) is 9.90 Å². The van der Waals surface area contributed by atoms with Crippen molar-refractivity contribution in [3.63, 3.8) is 0 Å². The lowest BCUT2D eigenvalue weighted by Crippen LogP contribution is -2.35. The minimum absolute atomic E-state index is 0.0341. The first-order valence-electron chi connectivity index (χ1n) is 5.53. The third-order valence-corrected chi connectivity index (χ3v) is 2.98. The van der Waals surface area contributed by atoms with Gasteiger partial charge in [-0.05, 0) is 17.7 Å². The van der Waals surface area contributed by atoms with Crippen LogP contribution < -0.4 is 5.32 Å². The average Bonchev–Trinajstić information content (AvgIpc) is 2.77. The Morgan fingerprint density at radius 1 is 1.39 bits per heavy atom. The quantitative estimate of drug-likeness (QED) is 0.715. The molecule has 0 unspecified atom stereocenters. The van der Waals surface area contributed by atoms with Gasteiger partial charge in [0.2, 0.25) is 5.88 Å². The summed E-state index contributed by atoms with van der Waals surface area (Å²) in [6.45, 7) is 0.565. The minimum atomic E-state index is -0.102. The number of nitrogens with one attached hydrogen (secondary N) is 2. The molecular weight excluding hydrogens is 232 g/mol. The van der Waals surface area contributed by atoms with Gasteiger partial charge in [-0.3, -0.25) is 5.10 Å². The van der Waals surface area contributed by atoms with Gasteiger partial charge in [0.15, 0.2) is 0 Å². The van der Waals surface area contributed by atoms with Crippen molar-refractivity contribution < 1.29 is 9.90 Å². The molecule has 1 aromatic carbocycles. The number of nitrogens with zero attached hydrogens (tertiary/aromatic N) is 2. The number of carbonyl (C=O) groups excluding carboxylic acids is 1. The summed E-state index contributed by atoms with van der Waals surface area (Å²) < 4.78 is 0. The van der Waals surface area contributed by atoms with Gasteiger partial charge in [0.1, 0.15) is 0 Å². The van der Waals surface area contributed by atoms with Crippen molar-refractivity contribution in [3.05, 3.63) is 29.8 Å². The zero-order chi connectivity index (χ0) is 12.7. The molecule has 6 nitrogen and oxygen atoms in total. The summed E-state index contributed by atoms with van der Waals surface area (Å²) in [7, 11) is 1.74. The highest BCUT2D eigenvalue weighted by molar-refractivity contribution is 5.92. The van der Waals surface area contributed by atoms with Crippen molar-refractivity contribution in [2.75, 3.05) is 12.4 Å². The number of rotatable bonds is 1. The SMILES string of the molecule is CN1Cc2cc(-c3cc(O)n[nH]3)ccc2NC1=O. The molecule has 6 heteroatoms. The van der Waals surface area contributed by atoms with Crippen LogP contribution in [0.1, 0.15) is 5.56 Å². The fourth-order valence-electron chi connectivity index (χ4n) is 2.01. The Labute approximate surface area is 103 Å². The lowest BCUT2D eigenvalue weighted by atomic mass is 10.0. The van der Waals surface area contributed by atoms with E-state index in [0.717, 1.165) is 22.5 Å². The number of H-pyrrole nitrogens is 1. The zero-order valence-corrected chi connectivity index (χ0v) is 9.77. The molecular formula is C12H12N4O2. The monoisotopic (exact) mass is 244 g/mol. The maximum Gasteiger partial charge on any atom is 0.321 e. The van der Waals surface area contributed by atoms with Crippen molar-refractivity contribution in [1.29, 1.82) is 0 Å². The molecule has 1 aliphatic heterocycles. The third-order valence-electron chi connectivity index (χ3n) is 2.98. The topological polar surface area (TPSA) is 81.2 Å². The Morgan fingerprint density at radius 2 is 2.22 bits per heavy atom. The maximum absolute atomic E-state index is 11.5. The summed E-state index contributed by atoms with van der Waals surface area (Å²) in [6, 6.07) is 7.16. The number of aromatic hydroxyl groups is 1. The summed E-state index contributed by atoms with van der Waals surface area (Å²) in [5.74, 6) is -0.0341. The summed E-state index contributed by atoms with van der Waals surface area (Å²) in [5, 5.41) is 18.5. The van der Waals surface area contributed by atoms with Gasteiger partial charge in [0, 0.05) is 30.9 Å². The van der Waals surface area contributed by atoms with E-state index in [1.807, 2.05) is 18.2 Å². The number of carbonyl (C=O) groups is 1. The van der Waals surface area contributed by atoms with E-state index in [1.165, 1.54) is 0 Å². The highest BCUT2D eigenvalue weighted by Gasteiger charge is 2.19. The molecule has 0 saturated heterocycles. The van der Waals surface area contributed by atoms with Gasteiger partial charge in [0.05, 0.1) is 5.69 Å². The van der Waals surface area contributed by atoms with Crippen molar-refractivity contribution in [1.82, 2.24) is 15.1 Å². The summed E-state index contributed by atoms with van der Waals surface area (Å²) in [6.07, 6.45) is 0. The highest BCUT2D eigenvalue weighted by Crippen LogP contribution is 2.28. The van der Waals surface area contributed by atoms with Crippen LogP contribution in [0.5, 0.6) is 5.88 Å². The largest absolute Gasteiger partial charge is 0.492 e. The first kappa shape index (κ1) is 10.6. The van der Waals surface area contributed by atoms with E-state index in [1.54, 1.807) is 18.0 Å². The lowest BCUT2D eigenvalue weighted by Gasteiger charge is -2.26. The molecule has 3 N–H and O–H groups in total. The van der Waals surface area contributed by atoms with Crippen molar-refractivity contribution in [3.8, 4) is 17.1 Å². The number of fused-ring (bicyclic) bond motifs is 1. The molecule has 1 aromatic heterocycles. The molecule has 0 atom stereocenters. The fourth-order valence-corrected chi connectivity index (χ4v) is 2.01. The molecule has 0 radical (unpaired) electrons. The van der Waals surface area contributed by atoms with Gasteiger partial charge in [-0.2, -0.15) is 0 Å². The van der Waals surface area contributed by atoms with Gasteiger partial charge >= 0.3 is 6.03 Å². The standard InChI is InChI=1S/C12H12N4O2/c1-16-6-8-4-7(10-5-11(17)15-14-10)2-3-9(8)13-12(16)18/h2-5H,6H2,1H3,(H,13,18)(H2,14,15,17). The molecule has 92 valence electrons.